The van der Waals surface area contributed by atoms with Gasteiger partial charge in [0.2, 0.25) is 15.9 Å². The second-order valence-electron chi connectivity index (χ2n) is 5.26. The molecule has 5 nitrogen and oxygen atoms in total. The minimum atomic E-state index is -3.47. The van der Waals surface area contributed by atoms with Gasteiger partial charge < -0.3 is 4.90 Å². The van der Waals surface area contributed by atoms with Crippen LogP contribution in [0.1, 0.15) is 25.3 Å². The molecule has 1 N–H and O–H groups in total. The average molecular weight is 296 g/mol. The van der Waals surface area contributed by atoms with Gasteiger partial charge in [0, 0.05) is 24.7 Å². The zero-order chi connectivity index (χ0) is 14.8. The Balaban J connectivity index is 2.04. The normalized spacial score (nSPS) is 18.5. The topological polar surface area (TPSA) is 66.5 Å². The molecular formula is C14H20N2O3S. The van der Waals surface area contributed by atoms with Gasteiger partial charge in [-0.1, -0.05) is 18.2 Å². The largest absolute Gasteiger partial charge is 0.368 e. The molecule has 1 heterocycles. The van der Waals surface area contributed by atoms with Crippen LogP contribution in [-0.2, 0) is 21.2 Å². The zero-order valence-electron chi connectivity index (χ0n) is 11.8. The van der Waals surface area contributed by atoms with Gasteiger partial charge in [0.25, 0.3) is 0 Å². The molecule has 1 atom stereocenters. The summed E-state index contributed by atoms with van der Waals surface area (Å²) in [5.41, 5.74) is 2.44. The molecule has 1 aliphatic rings. The Bertz CT molecular complexity index is 598. The molecule has 2 rings (SSSR count). The van der Waals surface area contributed by atoms with Crippen molar-refractivity contribution in [3.8, 4) is 0 Å². The van der Waals surface area contributed by atoms with Crippen molar-refractivity contribution >= 4 is 21.6 Å². The quantitative estimate of drug-likeness (QED) is 0.909. The van der Waals surface area contributed by atoms with Gasteiger partial charge in [-0.05, 0) is 31.4 Å². The summed E-state index contributed by atoms with van der Waals surface area (Å²) in [4.78, 5) is 13.8. The van der Waals surface area contributed by atoms with Crippen LogP contribution in [0.3, 0.4) is 0 Å². The van der Waals surface area contributed by atoms with E-state index in [2.05, 4.69) is 24.0 Å². The van der Waals surface area contributed by atoms with Gasteiger partial charge in [0.1, 0.15) is 0 Å². The van der Waals surface area contributed by atoms with Crippen molar-refractivity contribution in [1.82, 2.24) is 4.72 Å². The maximum atomic E-state index is 11.6. The predicted octanol–water partition coefficient (Wildman–Crippen LogP) is 1.29. The third-order valence-electron chi connectivity index (χ3n) is 3.54. The fraction of sp³-hybridized carbons (Fsp3) is 0.500. The van der Waals surface area contributed by atoms with E-state index in [1.54, 1.807) is 0 Å². The molecular weight excluding hydrogens is 276 g/mol. The number of amides is 1. The zero-order valence-corrected chi connectivity index (χ0v) is 12.6. The summed E-state index contributed by atoms with van der Waals surface area (Å²) in [6.07, 6.45) is 3.25. The van der Waals surface area contributed by atoms with Gasteiger partial charge in [-0.2, -0.15) is 0 Å². The van der Waals surface area contributed by atoms with Gasteiger partial charge in [-0.25, -0.2) is 8.42 Å². The molecule has 0 radical (unpaired) electrons. The molecule has 0 aromatic heterocycles. The minimum absolute atomic E-state index is 0.172. The van der Waals surface area contributed by atoms with Crippen molar-refractivity contribution in [2.24, 2.45) is 0 Å². The van der Waals surface area contributed by atoms with E-state index >= 15 is 0 Å². The number of hydrogen-bond acceptors (Lipinski definition) is 4. The Morgan fingerprint density at radius 3 is 2.80 bits per heavy atom. The second-order valence-corrected chi connectivity index (χ2v) is 7.01. The monoisotopic (exact) mass is 296 g/mol. The number of sulfonamides is 1. The van der Waals surface area contributed by atoms with Crippen molar-refractivity contribution in [2.45, 2.75) is 32.2 Å². The molecule has 0 spiro atoms. The number of benzene rings is 1. The average Bonchev–Trinajstić information content (AvgIpc) is 2.35. The van der Waals surface area contributed by atoms with Crippen molar-refractivity contribution in [1.29, 1.82) is 0 Å². The van der Waals surface area contributed by atoms with E-state index in [1.165, 1.54) is 5.56 Å². The lowest BCUT2D eigenvalue weighted by Crippen LogP contribution is -2.40. The molecule has 1 aliphatic heterocycles. The fourth-order valence-electron chi connectivity index (χ4n) is 2.58. The summed E-state index contributed by atoms with van der Waals surface area (Å²) >= 11 is 0. The first kappa shape index (κ1) is 14.8. The molecule has 0 bridgehead atoms. The number of nitrogens with zero attached hydrogens (tertiary/aromatic N) is 1. The Morgan fingerprint density at radius 1 is 1.40 bits per heavy atom. The van der Waals surface area contributed by atoms with Crippen LogP contribution in [0.2, 0.25) is 0 Å². The number of para-hydroxylation sites is 1. The molecule has 20 heavy (non-hydrogen) atoms. The number of hydrogen-bond donors (Lipinski definition) is 1. The molecule has 1 unspecified atom stereocenters. The third-order valence-corrected chi connectivity index (χ3v) is 4.14. The van der Waals surface area contributed by atoms with Crippen LogP contribution in [-0.4, -0.2) is 33.2 Å². The van der Waals surface area contributed by atoms with Gasteiger partial charge in [-0.3, -0.25) is 9.52 Å². The smallest absolute Gasteiger partial charge is 0.235 e. The fourth-order valence-corrected chi connectivity index (χ4v) is 3.10. The number of nitrogens with one attached hydrogen (secondary N) is 1. The van der Waals surface area contributed by atoms with E-state index < -0.39 is 15.9 Å². The lowest BCUT2D eigenvalue weighted by molar-refractivity contribution is -0.119. The lowest BCUT2D eigenvalue weighted by atomic mass is 9.96. The molecule has 0 saturated heterocycles. The van der Waals surface area contributed by atoms with Crippen LogP contribution < -0.4 is 9.62 Å². The Labute approximate surface area is 120 Å². The van der Waals surface area contributed by atoms with Crippen LogP contribution >= 0.6 is 0 Å². The molecule has 6 heteroatoms. The Hall–Kier alpha value is -1.56. The number of fused-ring (bicyclic) bond motifs is 1. The van der Waals surface area contributed by atoms with E-state index in [-0.39, 0.29) is 6.42 Å². The number of rotatable bonds is 4. The highest BCUT2D eigenvalue weighted by molar-refractivity contribution is 7.89. The molecule has 0 saturated carbocycles. The summed E-state index contributed by atoms with van der Waals surface area (Å²) in [6.45, 7) is 2.66. The molecule has 0 fully saturated rings. The van der Waals surface area contributed by atoms with Crippen LogP contribution in [0.25, 0.3) is 0 Å². The summed E-state index contributed by atoms with van der Waals surface area (Å²) in [7, 11) is -3.47. The van der Waals surface area contributed by atoms with E-state index in [0.717, 1.165) is 24.8 Å². The van der Waals surface area contributed by atoms with E-state index in [1.807, 2.05) is 16.9 Å². The maximum absolute atomic E-state index is 11.6. The van der Waals surface area contributed by atoms with E-state index in [9.17, 15) is 13.2 Å². The Kier molecular flexibility index (Phi) is 4.32. The highest BCUT2D eigenvalue weighted by atomic mass is 32.2. The van der Waals surface area contributed by atoms with Gasteiger partial charge in [0.15, 0.2) is 0 Å². The third kappa shape index (κ3) is 3.72. The minimum Gasteiger partial charge on any atom is -0.368 e. The van der Waals surface area contributed by atoms with Crippen molar-refractivity contribution < 1.29 is 13.2 Å². The molecule has 1 aromatic carbocycles. The highest BCUT2D eigenvalue weighted by Crippen LogP contribution is 2.30. The maximum Gasteiger partial charge on any atom is 0.235 e. The van der Waals surface area contributed by atoms with Crippen LogP contribution in [0.4, 0.5) is 5.69 Å². The molecule has 1 amide bonds. The predicted molar refractivity (Wildman–Crippen MR) is 79.2 cm³/mol. The van der Waals surface area contributed by atoms with Gasteiger partial charge >= 0.3 is 0 Å². The summed E-state index contributed by atoms with van der Waals surface area (Å²) in [5, 5.41) is 0. The first-order chi connectivity index (χ1) is 9.37. The number of aryl methyl sites for hydroxylation is 1. The first-order valence-electron chi connectivity index (χ1n) is 6.72. The van der Waals surface area contributed by atoms with E-state index in [0.29, 0.717) is 12.6 Å². The second kappa shape index (κ2) is 5.83. The van der Waals surface area contributed by atoms with Crippen LogP contribution in [0.15, 0.2) is 24.3 Å². The molecule has 0 aliphatic carbocycles. The van der Waals surface area contributed by atoms with Crippen LogP contribution in [0.5, 0.6) is 0 Å². The Morgan fingerprint density at radius 2 is 2.10 bits per heavy atom. The highest BCUT2D eigenvalue weighted by Gasteiger charge is 2.23. The number of anilines is 1. The number of carbonyl (C=O) groups excluding carboxylic acids is 1. The molecule has 1 aromatic rings. The van der Waals surface area contributed by atoms with Gasteiger partial charge in [-0.15, -0.1) is 0 Å². The summed E-state index contributed by atoms with van der Waals surface area (Å²) in [6, 6.07) is 8.52. The number of carbonyl (C=O) groups is 1. The van der Waals surface area contributed by atoms with Crippen molar-refractivity contribution in [3.05, 3.63) is 29.8 Å². The van der Waals surface area contributed by atoms with Gasteiger partial charge in [0.05, 0.1) is 6.26 Å². The van der Waals surface area contributed by atoms with Crippen molar-refractivity contribution in [2.75, 3.05) is 17.7 Å². The van der Waals surface area contributed by atoms with Crippen molar-refractivity contribution in [3.63, 3.8) is 0 Å². The summed E-state index contributed by atoms with van der Waals surface area (Å²) < 4.78 is 24.0. The van der Waals surface area contributed by atoms with Crippen LogP contribution in [0, 0.1) is 0 Å². The lowest BCUT2D eigenvalue weighted by Gasteiger charge is -2.37. The molecule has 110 valence electrons. The summed E-state index contributed by atoms with van der Waals surface area (Å²) in [5.74, 6) is -0.456. The first-order valence-corrected chi connectivity index (χ1v) is 8.61. The van der Waals surface area contributed by atoms with E-state index in [4.69, 9.17) is 0 Å². The SMILES string of the molecule is CC1CCc2ccccc2N1CCC(=O)NS(C)(=O)=O. The standard InChI is InChI=1S/C14H20N2O3S/c1-11-7-8-12-5-3-4-6-13(12)16(11)10-9-14(17)15-20(2,18)19/h3-6,11H,7-10H2,1-2H3,(H,15,17).